The highest BCUT2D eigenvalue weighted by Crippen LogP contribution is 2.17. The summed E-state index contributed by atoms with van der Waals surface area (Å²) < 4.78 is 13.6. The maximum absolute atomic E-state index is 13.6. The number of amides is 1. The van der Waals surface area contributed by atoms with Gasteiger partial charge in [0.1, 0.15) is 11.5 Å². The normalized spacial score (nSPS) is 15.4. The highest BCUT2D eigenvalue weighted by atomic mass is 19.1. The second kappa shape index (κ2) is 8.55. The summed E-state index contributed by atoms with van der Waals surface area (Å²) in [6, 6.07) is 8.35. The molecule has 1 aromatic heterocycles. The number of nitrogens with zero attached hydrogens (tertiary/aromatic N) is 2. The molecule has 5 nitrogen and oxygen atoms in total. The van der Waals surface area contributed by atoms with E-state index in [9.17, 15) is 9.18 Å². The van der Waals surface area contributed by atoms with Gasteiger partial charge >= 0.3 is 0 Å². The first kappa shape index (κ1) is 17.3. The fraction of sp³-hybridized carbons (Fsp3) is 0.421. The summed E-state index contributed by atoms with van der Waals surface area (Å²) in [6.45, 7) is 0.264. The van der Waals surface area contributed by atoms with E-state index in [-0.39, 0.29) is 24.3 Å². The van der Waals surface area contributed by atoms with Crippen molar-refractivity contribution in [2.75, 3.05) is 5.32 Å². The molecule has 0 unspecified atom stereocenters. The van der Waals surface area contributed by atoms with Gasteiger partial charge in [0, 0.05) is 24.3 Å². The first-order chi connectivity index (χ1) is 12.2. The van der Waals surface area contributed by atoms with E-state index in [1.54, 1.807) is 30.5 Å². The molecule has 0 aliphatic heterocycles. The molecule has 1 saturated carbocycles. The molecular formula is C19H23FN4O. The third-order valence-electron chi connectivity index (χ3n) is 4.47. The molecule has 1 aliphatic rings. The molecule has 1 fully saturated rings. The number of aromatic nitrogens is 2. The van der Waals surface area contributed by atoms with Gasteiger partial charge in [-0.2, -0.15) is 0 Å². The lowest BCUT2D eigenvalue weighted by Gasteiger charge is -2.16. The molecular weight excluding hydrogens is 319 g/mol. The maximum Gasteiger partial charge on any atom is 0.270 e. The summed E-state index contributed by atoms with van der Waals surface area (Å²) in [5.41, 5.74) is 0.856. The van der Waals surface area contributed by atoms with Gasteiger partial charge in [0.05, 0.1) is 0 Å². The Morgan fingerprint density at radius 3 is 2.64 bits per heavy atom. The van der Waals surface area contributed by atoms with Crippen LogP contribution in [0.1, 0.15) is 54.6 Å². The minimum Gasteiger partial charge on any atom is -0.350 e. The van der Waals surface area contributed by atoms with E-state index in [1.807, 2.05) is 0 Å². The number of rotatable bonds is 5. The van der Waals surface area contributed by atoms with Gasteiger partial charge in [0.2, 0.25) is 5.95 Å². The number of anilines is 1. The molecule has 3 rings (SSSR count). The van der Waals surface area contributed by atoms with Crippen LogP contribution in [-0.4, -0.2) is 21.9 Å². The summed E-state index contributed by atoms with van der Waals surface area (Å²) in [7, 11) is 0. The Bertz CT molecular complexity index is 714. The number of benzene rings is 1. The molecule has 6 heteroatoms. The molecule has 1 aliphatic carbocycles. The largest absolute Gasteiger partial charge is 0.350 e. The van der Waals surface area contributed by atoms with Crippen molar-refractivity contribution in [3.05, 3.63) is 53.6 Å². The molecule has 2 N–H and O–H groups in total. The zero-order valence-corrected chi connectivity index (χ0v) is 14.2. The van der Waals surface area contributed by atoms with E-state index in [4.69, 9.17) is 0 Å². The maximum atomic E-state index is 13.6. The fourth-order valence-corrected chi connectivity index (χ4v) is 3.07. The van der Waals surface area contributed by atoms with Crippen LogP contribution in [0.4, 0.5) is 10.3 Å². The van der Waals surface area contributed by atoms with Crippen LogP contribution in [0.2, 0.25) is 0 Å². The van der Waals surface area contributed by atoms with Crippen molar-refractivity contribution in [2.24, 2.45) is 0 Å². The van der Waals surface area contributed by atoms with Crippen molar-refractivity contribution in [1.29, 1.82) is 0 Å². The van der Waals surface area contributed by atoms with Gasteiger partial charge in [-0.25, -0.2) is 14.4 Å². The van der Waals surface area contributed by atoms with Crippen LogP contribution in [0, 0.1) is 5.82 Å². The van der Waals surface area contributed by atoms with Gasteiger partial charge in [-0.05, 0) is 25.0 Å². The van der Waals surface area contributed by atoms with E-state index in [1.165, 1.54) is 18.9 Å². The molecule has 0 radical (unpaired) electrons. The number of carbonyl (C=O) groups excluding carboxylic acids is 1. The molecule has 0 spiro atoms. The highest BCUT2D eigenvalue weighted by Gasteiger charge is 2.17. The number of carbonyl (C=O) groups is 1. The van der Waals surface area contributed by atoms with Crippen LogP contribution in [0.5, 0.6) is 0 Å². The van der Waals surface area contributed by atoms with Crippen molar-refractivity contribution in [3.8, 4) is 0 Å². The Morgan fingerprint density at radius 1 is 1.12 bits per heavy atom. The third-order valence-corrected chi connectivity index (χ3v) is 4.47. The number of nitrogens with one attached hydrogen (secondary N) is 2. The second-order valence-electron chi connectivity index (χ2n) is 6.37. The zero-order valence-electron chi connectivity index (χ0n) is 14.2. The average Bonchev–Trinajstić information content (AvgIpc) is 2.90. The highest BCUT2D eigenvalue weighted by molar-refractivity contribution is 5.92. The van der Waals surface area contributed by atoms with E-state index in [0.717, 1.165) is 25.7 Å². The van der Waals surface area contributed by atoms with Gasteiger partial charge in [0.15, 0.2) is 0 Å². The Balaban J connectivity index is 1.60. The minimum atomic E-state index is -0.280. The van der Waals surface area contributed by atoms with Crippen molar-refractivity contribution in [1.82, 2.24) is 15.3 Å². The van der Waals surface area contributed by atoms with E-state index in [0.29, 0.717) is 17.2 Å². The third kappa shape index (κ3) is 4.98. The van der Waals surface area contributed by atoms with Crippen molar-refractivity contribution in [2.45, 2.75) is 51.1 Å². The van der Waals surface area contributed by atoms with E-state index in [2.05, 4.69) is 20.6 Å². The topological polar surface area (TPSA) is 66.9 Å². The first-order valence-corrected chi connectivity index (χ1v) is 8.83. The second-order valence-corrected chi connectivity index (χ2v) is 6.37. The lowest BCUT2D eigenvalue weighted by atomic mass is 10.1. The molecule has 132 valence electrons. The molecule has 1 amide bonds. The number of halogens is 1. The molecule has 25 heavy (non-hydrogen) atoms. The molecule has 0 saturated heterocycles. The van der Waals surface area contributed by atoms with E-state index >= 15 is 0 Å². The summed E-state index contributed by atoms with van der Waals surface area (Å²) in [6.07, 6.45) is 8.38. The molecule has 1 heterocycles. The Labute approximate surface area is 147 Å². The van der Waals surface area contributed by atoms with Crippen molar-refractivity contribution in [3.63, 3.8) is 0 Å². The standard InChI is InChI=1S/C19H23FN4O/c20-16-10-6-5-7-14(16)13-22-19-21-12-11-17(24-19)18(25)23-15-8-3-1-2-4-9-15/h5-7,10-12,15H,1-4,8-9,13H2,(H,23,25)(H,21,22,24). The van der Waals surface area contributed by atoms with Gasteiger partial charge in [-0.1, -0.05) is 43.9 Å². The van der Waals surface area contributed by atoms with E-state index < -0.39 is 0 Å². The zero-order chi connectivity index (χ0) is 17.5. The molecule has 0 atom stereocenters. The van der Waals surface area contributed by atoms with Crippen molar-refractivity contribution < 1.29 is 9.18 Å². The van der Waals surface area contributed by atoms with Gasteiger partial charge < -0.3 is 10.6 Å². The van der Waals surface area contributed by atoms with Gasteiger partial charge in [-0.3, -0.25) is 4.79 Å². The smallest absolute Gasteiger partial charge is 0.270 e. The van der Waals surface area contributed by atoms with Gasteiger partial charge in [0.25, 0.3) is 5.91 Å². The summed E-state index contributed by atoms with van der Waals surface area (Å²) >= 11 is 0. The molecule has 1 aromatic carbocycles. The lowest BCUT2D eigenvalue weighted by molar-refractivity contribution is 0.0928. The molecule has 0 bridgehead atoms. The van der Waals surface area contributed by atoms with Crippen molar-refractivity contribution >= 4 is 11.9 Å². The first-order valence-electron chi connectivity index (χ1n) is 8.83. The minimum absolute atomic E-state index is 0.178. The SMILES string of the molecule is O=C(NC1CCCCCC1)c1ccnc(NCc2ccccc2F)n1. The van der Waals surface area contributed by atoms with Crippen LogP contribution in [0.3, 0.4) is 0 Å². The van der Waals surface area contributed by atoms with Crippen LogP contribution in [-0.2, 0) is 6.54 Å². The summed E-state index contributed by atoms with van der Waals surface area (Å²) in [5, 5.41) is 6.04. The lowest BCUT2D eigenvalue weighted by Crippen LogP contribution is -2.35. The monoisotopic (exact) mass is 342 g/mol. The number of hydrogen-bond acceptors (Lipinski definition) is 4. The predicted octanol–water partition coefficient (Wildman–Crippen LogP) is 3.68. The van der Waals surface area contributed by atoms with Crippen LogP contribution < -0.4 is 10.6 Å². The average molecular weight is 342 g/mol. The van der Waals surface area contributed by atoms with Crippen LogP contribution in [0.15, 0.2) is 36.5 Å². The van der Waals surface area contributed by atoms with Crippen LogP contribution in [0.25, 0.3) is 0 Å². The predicted molar refractivity (Wildman–Crippen MR) is 94.7 cm³/mol. The summed E-state index contributed by atoms with van der Waals surface area (Å²) in [5.74, 6) is -0.141. The quantitative estimate of drug-likeness (QED) is 0.814. The Hall–Kier alpha value is -2.50. The van der Waals surface area contributed by atoms with Crippen LogP contribution >= 0.6 is 0 Å². The Morgan fingerprint density at radius 2 is 1.88 bits per heavy atom. The number of hydrogen-bond donors (Lipinski definition) is 2. The fourth-order valence-electron chi connectivity index (χ4n) is 3.07. The van der Waals surface area contributed by atoms with Gasteiger partial charge in [-0.15, -0.1) is 0 Å². The molecule has 2 aromatic rings. The Kier molecular flexibility index (Phi) is 5.93. The summed E-state index contributed by atoms with van der Waals surface area (Å²) in [4.78, 5) is 20.8.